The maximum absolute atomic E-state index is 12.4. The fourth-order valence-corrected chi connectivity index (χ4v) is 3.44. The molecule has 1 aliphatic rings. The molecule has 0 aliphatic carbocycles. The summed E-state index contributed by atoms with van der Waals surface area (Å²) in [7, 11) is 0. The maximum atomic E-state index is 12.4. The molecule has 3 heterocycles. The normalized spacial score (nSPS) is 14.2. The number of nitrogens with zero attached hydrogens (tertiary/aromatic N) is 4. The molecule has 0 atom stereocenters. The van der Waals surface area contributed by atoms with Gasteiger partial charge in [0.25, 0.3) is 5.91 Å². The van der Waals surface area contributed by atoms with Gasteiger partial charge in [-0.15, -0.1) is 11.3 Å². The van der Waals surface area contributed by atoms with Crippen molar-refractivity contribution in [3.63, 3.8) is 0 Å². The zero-order valence-corrected chi connectivity index (χ0v) is 14.8. The standard InChI is InChI=1S/C18H17N5O2S/c24-17(16-12-26-18(22-16)15-11-19-5-6-20-15)21-13-1-3-14(4-2-13)23-7-9-25-10-8-23/h1-6,11-12H,7-10H2,(H,21,24). The molecule has 0 radical (unpaired) electrons. The Labute approximate surface area is 154 Å². The number of anilines is 2. The quantitative estimate of drug-likeness (QED) is 0.764. The summed E-state index contributed by atoms with van der Waals surface area (Å²) in [6.45, 7) is 3.26. The second-order valence-electron chi connectivity index (χ2n) is 5.73. The number of carbonyl (C=O) groups excluding carboxylic acids is 1. The molecule has 26 heavy (non-hydrogen) atoms. The summed E-state index contributed by atoms with van der Waals surface area (Å²) >= 11 is 1.37. The van der Waals surface area contributed by atoms with Gasteiger partial charge in [-0.25, -0.2) is 4.98 Å². The zero-order chi connectivity index (χ0) is 17.8. The Hall–Kier alpha value is -2.84. The SMILES string of the molecule is O=C(Nc1ccc(N2CCOCC2)cc1)c1csc(-c2cnccn2)n1. The van der Waals surface area contributed by atoms with E-state index in [4.69, 9.17) is 4.74 Å². The number of hydrogen-bond donors (Lipinski definition) is 1. The summed E-state index contributed by atoms with van der Waals surface area (Å²) in [6, 6.07) is 7.82. The van der Waals surface area contributed by atoms with Crippen molar-refractivity contribution in [2.75, 3.05) is 36.5 Å². The van der Waals surface area contributed by atoms with Gasteiger partial charge in [0.15, 0.2) is 0 Å². The fourth-order valence-electron chi connectivity index (χ4n) is 2.68. The lowest BCUT2D eigenvalue weighted by molar-refractivity contribution is 0.102. The van der Waals surface area contributed by atoms with Crippen LogP contribution in [0.2, 0.25) is 0 Å². The van der Waals surface area contributed by atoms with E-state index in [0.717, 1.165) is 37.7 Å². The molecule has 0 spiro atoms. The van der Waals surface area contributed by atoms with Crippen LogP contribution in [0.25, 0.3) is 10.7 Å². The number of rotatable bonds is 4. The first-order chi connectivity index (χ1) is 12.8. The van der Waals surface area contributed by atoms with Gasteiger partial charge in [-0.05, 0) is 24.3 Å². The summed E-state index contributed by atoms with van der Waals surface area (Å²) in [5.41, 5.74) is 2.89. The van der Waals surface area contributed by atoms with Gasteiger partial charge in [0.05, 0.1) is 19.4 Å². The van der Waals surface area contributed by atoms with Gasteiger partial charge in [-0.2, -0.15) is 0 Å². The lowest BCUT2D eigenvalue weighted by atomic mass is 10.2. The van der Waals surface area contributed by atoms with E-state index in [-0.39, 0.29) is 5.91 Å². The van der Waals surface area contributed by atoms with E-state index in [1.807, 2.05) is 24.3 Å². The average Bonchev–Trinajstić information content (AvgIpc) is 3.20. The molecule has 132 valence electrons. The highest BCUT2D eigenvalue weighted by molar-refractivity contribution is 7.13. The van der Waals surface area contributed by atoms with Crippen molar-refractivity contribution in [2.24, 2.45) is 0 Å². The molecule has 1 aromatic carbocycles. The molecule has 0 bridgehead atoms. The molecule has 1 amide bonds. The number of aromatic nitrogens is 3. The number of benzene rings is 1. The largest absolute Gasteiger partial charge is 0.378 e. The van der Waals surface area contributed by atoms with Gasteiger partial charge in [-0.1, -0.05) is 0 Å². The molecule has 8 heteroatoms. The van der Waals surface area contributed by atoms with Crippen molar-refractivity contribution < 1.29 is 9.53 Å². The number of morpholine rings is 1. The maximum Gasteiger partial charge on any atom is 0.275 e. The van der Waals surface area contributed by atoms with Gasteiger partial charge in [0.2, 0.25) is 0 Å². The van der Waals surface area contributed by atoms with Crippen LogP contribution in [0.4, 0.5) is 11.4 Å². The first-order valence-corrected chi connectivity index (χ1v) is 9.13. The number of hydrogen-bond acceptors (Lipinski definition) is 7. The van der Waals surface area contributed by atoms with E-state index in [9.17, 15) is 4.79 Å². The highest BCUT2D eigenvalue weighted by Crippen LogP contribution is 2.22. The van der Waals surface area contributed by atoms with Crippen LogP contribution in [0, 0.1) is 0 Å². The molecule has 0 saturated carbocycles. The first kappa shape index (κ1) is 16.6. The van der Waals surface area contributed by atoms with Gasteiger partial charge < -0.3 is 15.0 Å². The minimum Gasteiger partial charge on any atom is -0.378 e. The van der Waals surface area contributed by atoms with Crippen LogP contribution in [0.3, 0.4) is 0 Å². The third-order valence-electron chi connectivity index (χ3n) is 4.02. The van der Waals surface area contributed by atoms with E-state index < -0.39 is 0 Å². The molecule has 1 aliphatic heterocycles. The Bertz CT molecular complexity index is 876. The van der Waals surface area contributed by atoms with Crippen molar-refractivity contribution in [1.82, 2.24) is 15.0 Å². The van der Waals surface area contributed by atoms with Crippen LogP contribution in [0.15, 0.2) is 48.2 Å². The fraction of sp³-hybridized carbons (Fsp3) is 0.222. The summed E-state index contributed by atoms with van der Waals surface area (Å²) in [5, 5.41) is 5.27. The molecule has 7 nitrogen and oxygen atoms in total. The summed E-state index contributed by atoms with van der Waals surface area (Å²) in [4.78, 5) is 27.3. The molecule has 2 aromatic heterocycles. The molecule has 1 N–H and O–H groups in total. The van der Waals surface area contributed by atoms with Crippen molar-refractivity contribution in [3.05, 3.63) is 53.9 Å². The van der Waals surface area contributed by atoms with Crippen LogP contribution in [0.1, 0.15) is 10.5 Å². The number of carbonyl (C=O) groups is 1. The minimum absolute atomic E-state index is 0.240. The Kier molecular flexibility index (Phi) is 4.85. The van der Waals surface area contributed by atoms with Crippen LogP contribution < -0.4 is 10.2 Å². The number of thiazole rings is 1. The van der Waals surface area contributed by atoms with Crippen molar-refractivity contribution in [3.8, 4) is 10.7 Å². The van der Waals surface area contributed by atoms with Crippen LogP contribution in [0.5, 0.6) is 0 Å². The van der Waals surface area contributed by atoms with Gasteiger partial charge in [0, 0.05) is 42.2 Å². The van der Waals surface area contributed by atoms with E-state index in [1.165, 1.54) is 11.3 Å². The van der Waals surface area contributed by atoms with Gasteiger partial charge in [-0.3, -0.25) is 14.8 Å². The van der Waals surface area contributed by atoms with E-state index in [0.29, 0.717) is 16.4 Å². The van der Waals surface area contributed by atoms with Crippen molar-refractivity contribution in [2.45, 2.75) is 0 Å². The predicted octanol–water partition coefficient (Wildman–Crippen LogP) is 2.69. The average molecular weight is 367 g/mol. The van der Waals surface area contributed by atoms with Crippen LogP contribution in [-0.2, 0) is 4.74 Å². The number of nitrogens with one attached hydrogen (secondary N) is 1. The van der Waals surface area contributed by atoms with E-state index in [2.05, 4.69) is 25.2 Å². The van der Waals surface area contributed by atoms with Crippen LogP contribution in [-0.4, -0.2) is 47.2 Å². The van der Waals surface area contributed by atoms with Gasteiger partial charge in [0.1, 0.15) is 16.4 Å². The van der Waals surface area contributed by atoms with Gasteiger partial charge >= 0.3 is 0 Å². The molecular formula is C18H17N5O2S. The highest BCUT2D eigenvalue weighted by Gasteiger charge is 2.14. The minimum atomic E-state index is -0.240. The van der Waals surface area contributed by atoms with E-state index in [1.54, 1.807) is 24.0 Å². The molecular weight excluding hydrogens is 350 g/mol. The lowest BCUT2D eigenvalue weighted by Gasteiger charge is -2.28. The topological polar surface area (TPSA) is 80.2 Å². The first-order valence-electron chi connectivity index (χ1n) is 8.25. The van der Waals surface area contributed by atoms with Crippen molar-refractivity contribution in [1.29, 1.82) is 0 Å². The second-order valence-corrected chi connectivity index (χ2v) is 6.59. The molecule has 1 saturated heterocycles. The highest BCUT2D eigenvalue weighted by atomic mass is 32.1. The number of amides is 1. The monoisotopic (exact) mass is 367 g/mol. The Morgan fingerprint density at radius 2 is 1.96 bits per heavy atom. The lowest BCUT2D eigenvalue weighted by Crippen LogP contribution is -2.36. The molecule has 4 rings (SSSR count). The summed E-state index contributed by atoms with van der Waals surface area (Å²) in [6.07, 6.45) is 4.84. The Balaban J connectivity index is 1.42. The molecule has 0 unspecified atom stereocenters. The summed E-state index contributed by atoms with van der Waals surface area (Å²) in [5.74, 6) is -0.240. The third-order valence-corrected chi connectivity index (χ3v) is 4.89. The smallest absolute Gasteiger partial charge is 0.275 e. The zero-order valence-electron chi connectivity index (χ0n) is 14.0. The Morgan fingerprint density at radius 3 is 2.69 bits per heavy atom. The Morgan fingerprint density at radius 1 is 1.15 bits per heavy atom. The summed E-state index contributed by atoms with van der Waals surface area (Å²) < 4.78 is 5.37. The van der Waals surface area contributed by atoms with Crippen LogP contribution >= 0.6 is 11.3 Å². The second kappa shape index (κ2) is 7.59. The number of ether oxygens (including phenoxy) is 1. The molecule has 1 fully saturated rings. The predicted molar refractivity (Wildman–Crippen MR) is 101 cm³/mol. The molecule has 3 aromatic rings. The third kappa shape index (κ3) is 3.71. The van der Waals surface area contributed by atoms with Crippen molar-refractivity contribution >= 4 is 28.6 Å². The van der Waals surface area contributed by atoms with E-state index >= 15 is 0 Å².